The van der Waals surface area contributed by atoms with Gasteiger partial charge in [0, 0.05) is 5.88 Å². The summed E-state index contributed by atoms with van der Waals surface area (Å²) in [6.45, 7) is 3.69. The molecule has 120 valence electrons. The van der Waals surface area contributed by atoms with Crippen molar-refractivity contribution in [3.8, 4) is 0 Å². The van der Waals surface area contributed by atoms with Crippen molar-refractivity contribution in [1.29, 1.82) is 0 Å². The van der Waals surface area contributed by atoms with Crippen molar-refractivity contribution in [1.82, 2.24) is 0 Å². The zero-order valence-electron chi connectivity index (χ0n) is 13.5. The highest BCUT2D eigenvalue weighted by Crippen LogP contribution is 2.03. The van der Waals surface area contributed by atoms with Gasteiger partial charge >= 0.3 is 0 Å². The molecule has 0 saturated heterocycles. The molecule has 0 saturated carbocycles. The van der Waals surface area contributed by atoms with Crippen LogP contribution in [0.1, 0.15) is 58.3 Å². The van der Waals surface area contributed by atoms with Crippen molar-refractivity contribution in [3.05, 3.63) is 42.2 Å². The van der Waals surface area contributed by atoms with E-state index in [9.17, 15) is 0 Å². The Morgan fingerprint density at radius 2 is 1.71 bits per heavy atom. The van der Waals surface area contributed by atoms with E-state index < -0.39 is 0 Å². The van der Waals surface area contributed by atoms with Gasteiger partial charge in [-0.15, -0.1) is 17.3 Å². The molecule has 1 nitrogen and oxygen atoms in total. The third-order valence-electron chi connectivity index (χ3n) is 2.94. The minimum Gasteiger partial charge on any atom is -0.377 e. The number of hydrogen-bond acceptors (Lipinski definition) is 1. The Morgan fingerprint density at radius 1 is 0.905 bits per heavy atom. The maximum Gasteiger partial charge on any atom is 0.0647 e. The molecule has 0 atom stereocenters. The van der Waals surface area contributed by atoms with Crippen molar-refractivity contribution in [3.63, 3.8) is 0 Å². The minimum atomic E-state index is 0.662. The van der Waals surface area contributed by atoms with Crippen molar-refractivity contribution in [2.24, 2.45) is 0 Å². The Morgan fingerprint density at radius 3 is 2.52 bits per heavy atom. The van der Waals surface area contributed by atoms with Gasteiger partial charge in [0.15, 0.2) is 0 Å². The lowest BCUT2D eigenvalue weighted by Gasteiger charge is -1.96. The zero-order valence-corrected chi connectivity index (χ0v) is 14.3. The SMILES string of the molecule is CCCCCCC=CC/C=C\COCCC=C=CCCCl. The highest BCUT2D eigenvalue weighted by atomic mass is 35.5. The molecule has 0 N–H and O–H groups in total. The van der Waals surface area contributed by atoms with Gasteiger partial charge in [-0.25, -0.2) is 0 Å². The fourth-order valence-corrected chi connectivity index (χ4v) is 1.85. The smallest absolute Gasteiger partial charge is 0.0647 e. The van der Waals surface area contributed by atoms with Crippen molar-refractivity contribution in [2.45, 2.75) is 58.3 Å². The van der Waals surface area contributed by atoms with Crippen LogP contribution in [0.2, 0.25) is 0 Å². The van der Waals surface area contributed by atoms with Gasteiger partial charge < -0.3 is 4.74 Å². The van der Waals surface area contributed by atoms with Crippen LogP contribution in [0.4, 0.5) is 0 Å². The van der Waals surface area contributed by atoms with Gasteiger partial charge in [0.1, 0.15) is 0 Å². The summed E-state index contributed by atoms with van der Waals surface area (Å²) < 4.78 is 5.49. The summed E-state index contributed by atoms with van der Waals surface area (Å²) in [5.41, 5.74) is 3.09. The molecule has 21 heavy (non-hydrogen) atoms. The first-order chi connectivity index (χ1) is 10.4. The standard InChI is InChI=1S/C19H31ClO/c1-2-3-4-5-6-7-8-9-12-15-18-21-19-16-13-10-11-14-17-20/h7-8,11-13,15H,2-6,9,14,16-19H2,1H3/b8-7?,15-12-. The topological polar surface area (TPSA) is 9.23 Å². The predicted molar refractivity (Wildman–Crippen MR) is 95.1 cm³/mol. The van der Waals surface area contributed by atoms with Crippen LogP contribution in [0.25, 0.3) is 0 Å². The Balaban J connectivity index is 3.29. The molecule has 0 fully saturated rings. The first kappa shape index (κ1) is 20.2. The van der Waals surface area contributed by atoms with E-state index in [1.807, 2.05) is 12.2 Å². The minimum absolute atomic E-state index is 0.662. The molecule has 2 heteroatoms. The maximum atomic E-state index is 5.55. The Kier molecular flexibility index (Phi) is 18.6. The first-order valence-corrected chi connectivity index (χ1v) is 8.78. The third-order valence-corrected chi connectivity index (χ3v) is 3.16. The molecule has 0 amide bonds. The lowest BCUT2D eigenvalue weighted by Crippen LogP contribution is -1.91. The molecule has 0 heterocycles. The van der Waals surface area contributed by atoms with Gasteiger partial charge in [-0.2, -0.15) is 0 Å². The lowest BCUT2D eigenvalue weighted by atomic mass is 10.1. The highest BCUT2D eigenvalue weighted by molar-refractivity contribution is 6.17. The van der Waals surface area contributed by atoms with Crippen LogP contribution in [0.3, 0.4) is 0 Å². The lowest BCUT2D eigenvalue weighted by molar-refractivity contribution is 0.167. The van der Waals surface area contributed by atoms with E-state index in [-0.39, 0.29) is 0 Å². The number of halogens is 1. The summed E-state index contributed by atoms with van der Waals surface area (Å²) in [5, 5.41) is 0. The average molecular weight is 311 g/mol. The molecule has 0 aromatic rings. The largest absolute Gasteiger partial charge is 0.377 e. The van der Waals surface area contributed by atoms with E-state index in [2.05, 4.69) is 37.0 Å². The summed E-state index contributed by atoms with van der Waals surface area (Å²) >= 11 is 5.55. The molecular formula is C19H31ClO. The molecule has 0 aromatic heterocycles. The van der Waals surface area contributed by atoms with Crippen molar-refractivity contribution in [2.75, 3.05) is 19.1 Å². The average Bonchev–Trinajstić information content (AvgIpc) is 2.50. The van der Waals surface area contributed by atoms with E-state index >= 15 is 0 Å². The van der Waals surface area contributed by atoms with Gasteiger partial charge in [-0.05, 0) is 44.3 Å². The van der Waals surface area contributed by atoms with Gasteiger partial charge in [-0.1, -0.05) is 50.5 Å². The monoisotopic (exact) mass is 310 g/mol. The van der Waals surface area contributed by atoms with Crippen LogP contribution in [-0.2, 0) is 4.74 Å². The summed E-state index contributed by atoms with van der Waals surface area (Å²) in [6.07, 6.45) is 22.1. The highest BCUT2D eigenvalue weighted by Gasteiger charge is 1.84. The number of hydrogen-bond donors (Lipinski definition) is 0. The fourth-order valence-electron chi connectivity index (χ4n) is 1.74. The molecule has 0 rings (SSSR count). The summed E-state index contributed by atoms with van der Waals surface area (Å²) in [5.74, 6) is 0.662. The van der Waals surface area contributed by atoms with E-state index in [1.54, 1.807) is 0 Å². The Labute approximate surface area is 136 Å². The second kappa shape index (κ2) is 19.2. The molecule has 0 aliphatic carbocycles. The van der Waals surface area contributed by atoms with Crippen LogP contribution in [0.5, 0.6) is 0 Å². The molecule has 0 spiro atoms. The number of unbranched alkanes of at least 4 members (excludes halogenated alkanes) is 4. The molecule has 0 aliphatic heterocycles. The maximum absolute atomic E-state index is 5.55. The summed E-state index contributed by atoms with van der Waals surface area (Å²) in [4.78, 5) is 0. The fraction of sp³-hybridized carbons (Fsp3) is 0.632. The quantitative estimate of drug-likeness (QED) is 0.160. The van der Waals surface area contributed by atoms with Crippen LogP contribution < -0.4 is 0 Å². The van der Waals surface area contributed by atoms with E-state index in [0.717, 1.165) is 25.9 Å². The van der Waals surface area contributed by atoms with Crippen molar-refractivity contribution < 1.29 is 4.74 Å². The van der Waals surface area contributed by atoms with Crippen LogP contribution in [0, 0.1) is 0 Å². The normalized spacial score (nSPS) is 11.1. The number of rotatable bonds is 14. The van der Waals surface area contributed by atoms with Gasteiger partial charge in [-0.3, -0.25) is 0 Å². The molecule has 0 radical (unpaired) electrons. The van der Waals surface area contributed by atoms with Crippen LogP contribution in [-0.4, -0.2) is 19.1 Å². The third kappa shape index (κ3) is 19.2. The number of ether oxygens (including phenoxy) is 1. The Hall–Kier alpha value is -0.750. The van der Waals surface area contributed by atoms with E-state index in [1.165, 1.54) is 32.1 Å². The second-order valence-corrected chi connectivity index (χ2v) is 5.32. The van der Waals surface area contributed by atoms with Gasteiger partial charge in [0.05, 0.1) is 13.2 Å². The van der Waals surface area contributed by atoms with Gasteiger partial charge in [0.2, 0.25) is 0 Å². The predicted octanol–water partition coefficient (Wildman–Crippen LogP) is 6.21. The van der Waals surface area contributed by atoms with Crippen LogP contribution >= 0.6 is 11.6 Å². The van der Waals surface area contributed by atoms with Gasteiger partial charge in [0.25, 0.3) is 0 Å². The zero-order chi connectivity index (χ0) is 15.4. The molecule has 0 aliphatic rings. The Bertz CT molecular complexity index is 312. The number of alkyl halides is 1. The van der Waals surface area contributed by atoms with Crippen molar-refractivity contribution >= 4 is 11.6 Å². The summed E-state index contributed by atoms with van der Waals surface area (Å²) in [6, 6.07) is 0. The van der Waals surface area contributed by atoms with E-state index in [4.69, 9.17) is 16.3 Å². The van der Waals surface area contributed by atoms with E-state index in [0.29, 0.717) is 12.5 Å². The summed E-state index contributed by atoms with van der Waals surface area (Å²) in [7, 11) is 0. The molecule has 0 bridgehead atoms. The molecule has 0 unspecified atom stereocenters. The number of allylic oxidation sites excluding steroid dienone is 3. The molecule has 0 aromatic carbocycles. The second-order valence-electron chi connectivity index (χ2n) is 4.94. The van der Waals surface area contributed by atoms with Crippen LogP contribution in [0.15, 0.2) is 42.2 Å². The first-order valence-electron chi connectivity index (χ1n) is 8.25. The molecular weight excluding hydrogens is 280 g/mol.